The van der Waals surface area contributed by atoms with E-state index in [0.717, 1.165) is 12.3 Å². The molecule has 0 saturated heterocycles. The zero-order valence-corrected chi connectivity index (χ0v) is 12.5. The van der Waals surface area contributed by atoms with Gasteiger partial charge in [-0.1, -0.05) is 37.8 Å². The number of nitro groups is 1. The average Bonchev–Trinajstić information content (AvgIpc) is 2.46. The Kier molecular flexibility index (Phi) is 5.38. The highest BCUT2D eigenvalue weighted by atomic mass is 35.5. The number of nitro benzene ring substituents is 1. The maximum atomic E-state index is 11.0. The second-order valence-electron chi connectivity index (χ2n) is 5.55. The molecule has 110 valence electrons. The van der Waals surface area contributed by atoms with Crippen molar-refractivity contribution in [3.05, 3.63) is 38.9 Å². The Balaban J connectivity index is 1.98. The Labute approximate surface area is 124 Å². The van der Waals surface area contributed by atoms with E-state index in [9.17, 15) is 10.1 Å². The van der Waals surface area contributed by atoms with E-state index in [-0.39, 0.29) is 10.6 Å². The monoisotopic (exact) mass is 296 g/mol. The molecule has 0 amide bonds. The normalized spacial score (nSPS) is 22.7. The third kappa shape index (κ3) is 3.93. The fourth-order valence-electron chi connectivity index (χ4n) is 2.96. The van der Waals surface area contributed by atoms with Gasteiger partial charge in [0.05, 0.1) is 4.92 Å². The number of hydrogen-bond donors (Lipinski definition) is 1. The SMILES string of the molecule is CCC1CCCC(NCc2ccc(Cl)cc2[N+](=O)[O-])C1. The number of rotatable bonds is 5. The summed E-state index contributed by atoms with van der Waals surface area (Å²) in [4.78, 5) is 10.7. The summed E-state index contributed by atoms with van der Waals surface area (Å²) in [5.41, 5.74) is 0.811. The van der Waals surface area contributed by atoms with Crippen LogP contribution in [0.2, 0.25) is 5.02 Å². The molecule has 2 rings (SSSR count). The van der Waals surface area contributed by atoms with Crippen LogP contribution in [0.15, 0.2) is 18.2 Å². The Morgan fingerprint density at radius 3 is 2.95 bits per heavy atom. The molecular weight excluding hydrogens is 276 g/mol. The van der Waals surface area contributed by atoms with Gasteiger partial charge in [0.1, 0.15) is 0 Å². The third-order valence-electron chi connectivity index (χ3n) is 4.19. The molecule has 0 bridgehead atoms. The molecule has 0 aliphatic heterocycles. The predicted octanol–water partition coefficient (Wildman–Crippen LogP) is 4.31. The number of hydrogen-bond acceptors (Lipinski definition) is 3. The van der Waals surface area contributed by atoms with E-state index in [2.05, 4.69) is 12.2 Å². The summed E-state index contributed by atoms with van der Waals surface area (Å²) in [6, 6.07) is 5.35. The molecule has 0 aromatic heterocycles. The molecule has 1 aromatic rings. The van der Waals surface area contributed by atoms with Gasteiger partial charge < -0.3 is 5.32 Å². The second kappa shape index (κ2) is 7.04. The molecule has 1 aliphatic carbocycles. The lowest BCUT2D eigenvalue weighted by Gasteiger charge is -2.29. The molecule has 0 heterocycles. The first kappa shape index (κ1) is 15.3. The maximum absolute atomic E-state index is 11.0. The van der Waals surface area contributed by atoms with Gasteiger partial charge in [0, 0.05) is 29.2 Å². The number of nitrogens with zero attached hydrogens (tertiary/aromatic N) is 1. The van der Waals surface area contributed by atoms with Crippen LogP contribution in [0.1, 0.15) is 44.6 Å². The number of halogens is 1. The molecular formula is C15H21ClN2O2. The molecule has 1 aromatic carbocycles. The fraction of sp³-hybridized carbons (Fsp3) is 0.600. The summed E-state index contributed by atoms with van der Waals surface area (Å²) < 4.78 is 0. The summed E-state index contributed by atoms with van der Waals surface area (Å²) in [5, 5.41) is 14.9. The molecule has 4 nitrogen and oxygen atoms in total. The van der Waals surface area contributed by atoms with Crippen LogP contribution in [0.4, 0.5) is 5.69 Å². The minimum absolute atomic E-state index is 0.104. The van der Waals surface area contributed by atoms with Gasteiger partial charge in [-0.3, -0.25) is 10.1 Å². The zero-order chi connectivity index (χ0) is 14.5. The fourth-order valence-corrected chi connectivity index (χ4v) is 3.12. The van der Waals surface area contributed by atoms with Crippen LogP contribution >= 0.6 is 11.6 Å². The van der Waals surface area contributed by atoms with Crippen molar-refractivity contribution in [1.82, 2.24) is 5.32 Å². The Morgan fingerprint density at radius 1 is 1.45 bits per heavy atom. The molecule has 2 unspecified atom stereocenters. The van der Waals surface area contributed by atoms with Gasteiger partial charge in [-0.05, 0) is 30.9 Å². The molecule has 1 saturated carbocycles. The smallest absolute Gasteiger partial charge is 0.275 e. The molecule has 5 heteroatoms. The third-order valence-corrected chi connectivity index (χ3v) is 4.42. The van der Waals surface area contributed by atoms with E-state index in [1.807, 2.05) is 0 Å². The standard InChI is InChI=1S/C15H21ClN2O2/c1-2-11-4-3-5-14(8-11)17-10-12-6-7-13(16)9-15(12)18(19)20/h6-7,9,11,14,17H,2-5,8,10H2,1H3. The van der Waals surface area contributed by atoms with Crippen molar-refractivity contribution >= 4 is 17.3 Å². The molecule has 0 radical (unpaired) electrons. The molecule has 1 N–H and O–H groups in total. The van der Waals surface area contributed by atoms with Gasteiger partial charge >= 0.3 is 0 Å². The van der Waals surface area contributed by atoms with Crippen molar-refractivity contribution in [2.45, 2.75) is 51.6 Å². The minimum atomic E-state index is -0.362. The molecule has 0 spiro atoms. The first-order valence-corrected chi connectivity index (χ1v) is 7.64. The van der Waals surface area contributed by atoms with Crippen LogP contribution < -0.4 is 5.32 Å². The number of nitrogens with one attached hydrogen (secondary N) is 1. The van der Waals surface area contributed by atoms with Gasteiger partial charge in [0.2, 0.25) is 0 Å². The quantitative estimate of drug-likeness (QED) is 0.651. The minimum Gasteiger partial charge on any atom is -0.310 e. The largest absolute Gasteiger partial charge is 0.310 e. The van der Waals surface area contributed by atoms with E-state index in [4.69, 9.17) is 11.6 Å². The van der Waals surface area contributed by atoms with E-state index in [1.165, 1.54) is 31.7 Å². The van der Waals surface area contributed by atoms with Crippen molar-refractivity contribution in [3.8, 4) is 0 Å². The van der Waals surface area contributed by atoms with Crippen LogP contribution in [-0.4, -0.2) is 11.0 Å². The van der Waals surface area contributed by atoms with Crippen LogP contribution in [0, 0.1) is 16.0 Å². The summed E-state index contributed by atoms with van der Waals surface area (Å²) in [6.07, 6.45) is 6.13. The summed E-state index contributed by atoms with van der Waals surface area (Å²) >= 11 is 5.82. The zero-order valence-electron chi connectivity index (χ0n) is 11.8. The predicted molar refractivity (Wildman–Crippen MR) is 81.0 cm³/mol. The molecule has 1 aliphatic rings. The van der Waals surface area contributed by atoms with Gasteiger partial charge in [-0.2, -0.15) is 0 Å². The van der Waals surface area contributed by atoms with Gasteiger partial charge in [0.25, 0.3) is 5.69 Å². The van der Waals surface area contributed by atoms with Crippen molar-refractivity contribution in [3.63, 3.8) is 0 Å². The highest BCUT2D eigenvalue weighted by Gasteiger charge is 2.21. The lowest BCUT2D eigenvalue weighted by atomic mass is 9.84. The van der Waals surface area contributed by atoms with E-state index in [1.54, 1.807) is 12.1 Å². The molecule has 20 heavy (non-hydrogen) atoms. The Morgan fingerprint density at radius 2 is 2.25 bits per heavy atom. The van der Waals surface area contributed by atoms with Crippen molar-refractivity contribution in [2.24, 2.45) is 5.92 Å². The lowest BCUT2D eigenvalue weighted by molar-refractivity contribution is -0.385. The Hall–Kier alpha value is -1.13. The maximum Gasteiger partial charge on any atom is 0.275 e. The first-order valence-electron chi connectivity index (χ1n) is 7.26. The van der Waals surface area contributed by atoms with Crippen LogP contribution in [0.25, 0.3) is 0 Å². The van der Waals surface area contributed by atoms with Gasteiger partial charge in [-0.25, -0.2) is 0 Å². The van der Waals surface area contributed by atoms with Crippen molar-refractivity contribution < 1.29 is 4.92 Å². The first-order chi connectivity index (χ1) is 9.60. The van der Waals surface area contributed by atoms with E-state index < -0.39 is 0 Å². The topological polar surface area (TPSA) is 55.2 Å². The highest BCUT2D eigenvalue weighted by molar-refractivity contribution is 6.30. The summed E-state index contributed by atoms with van der Waals surface area (Å²) in [7, 11) is 0. The van der Waals surface area contributed by atoms with Crippen molar-refractivity contribution in [1.29, 1.82) is 0 Å². The van der Waals surface area contributed by atoms with Crippen molar-refractivity contribution in [2.75, 3.05) is 0 Å². The average molecular weight is 297 g/mol. The lowest BCUT2D eigenvalue weighted by Crippen LogP contribution is -2.33. The van der Waals surface area contributed by atoms with Crippen LogP contribution in [0.3, 0.4) is 0 Å². The molecule has 2 atom stereocenters. The second-order valence-corrected chi connectivity index (χ2v) is 5.99. The van der Waals surface area contributed by atoms with Gasteiger partial charge in [0.15, 0.2) is 0 Å². The number of benzene rings is 1. The van der Waals surface area contributed by atoms with E-state index >= 15 is 0 Å². The van der Waals surface area contributed by atoms with E-state index in [0.29, 0.717) is 23.2 Å². The highest BCUT2D eigenvalue weighted by Crippen LogP contribution is 2.28. The Bertz CT molecular complexity index is 479. The van der Waals surface area contributed by atoms with Crippen LogP contribution in [0.5, 0.6) is 0 Å². The van der Waals surface area contributed by atoms with Crippen LogP contribution in [-0.2, 0) is 6.54 Å². The van der Waals surface area contributed by atoms with Gasteiger partial charge in [-0.15, -0.1) is 0 Å². The molecule has 1 fully saturated rings. The summed E-state index contributed by atoms with van der Waals surface area (Å²) in [5.74, 6) is 0.793. The summed E-state index contributed by atoms with van der Waals surface area (Å²) in [6.45, 7) is 2.77.